The van der Waals surface area contributed by atoms with Crippen LogP contribution in [-0.2, 0) is 7.05 Å². The van der Waals surface area contributed by atoms with Crippen LogP contribution in [0.5, 0.6) is 0 Å². The molecule has 0 aliphatic heterocycles. The number of nitrogens with zero attached hydrogens (tertiary/aromatic N) is 3. The van der Waals surface area contributed by atoms with E-state index in [1.54, 1.807) is 11.9 Å². The zero-order chi connectivity index (χ0) is 14.5. The molecule has 0 saturated heterocycles. The minimum Gasteiger partial charge on any atom is -0.335 e. The fourth-order valence-corrected chi connectivity index (χ4v) is 2.92. The third-order valence-corrected chi connectivity index (χ3v) is 4.58. The van der Waals surface area contributed by atoms with Gasteiger partial charge in [0.25, 0.3) is 0 Å². The Morgan fingerprint density at radius 2 is 1.75 bits per heavy atom. The first-order valence-corrected chi connectivity index (χ1v) is 7.56. The summed E-state index contributed by atoms with van der Waals surface area (Å²) in [5.41, 5.74) is 2.89. The van der Waals surface area contributed by atoms with Crippen LogP contribution >= 0.6 is 11.9 Å². The fraction of sp³-hybridized carbons (Fsp3) is 0.312. The van der Waals surface area contributed by atoms with Crippen molar-refractivity contribution in [3.63, 3.8) is 0 Å². The summed E-state index contributed by atoms with van der Waals surface area (Å²) < 4.78 is 4.23. The van der Waals surface area contributed by atoms with Gasteiger partial charge in [-0.3, -0.25) is 0 Å². The number of aromatic nitrogens is 1. The molecular weight excluding hydrogens is 266 g/mol. The second kappa shape index (κ2) is 6.65. The molecule has 0 N–H and O–H groups in total. The average Bonchev–Trinajstić information content (AvgIpc) is 2.86. The number of hydrogen-bond donors (Lipinski definition) is 0. The summed E-state index contributed by atoms with van der Waals surface area (Å²) in [7, 11) is 1.92. The lowest BCUT2D eigenvalue weighted by atomic mass is 10.1. The van der Waals surface area contributed by atoms with Gasteiger partial charge in [0.1, 0.15) is 11.8 Å². The summed E-state index contributed by atoms with van der Waals surface area (Å²) in [4.78, 5) is 1.24. The van der Waals surface area contributed by atoms with Crippen LogP contribution in [0.15, 0.2) is 41.3 Å². The van der Waals surface area contributed by atoms with E-state index in [4.69, 9.17) is 5.26 Å². The second-order valence-corrected chi connectivity index (χ2v) is 5.67. The van der Waals surface area contributed by atoms with Gasteiger partial charge < -0.3 is 4.57 Å². The minimum atomic E-state index is 0.682. The fourth-order valence-electron chi connectivity index (χ4n) is 2.10. The predicted octanol–water partition coefficient (Wildman–Crippen LogP) is 3.91. The molecular formula is C16H19N3S. The van der Waals surface area contributed by atoms with E-state index in [0.29, 0.717) is 5.69 Å². The SMILES string of the molecule is CCN(CC)Sc1ccc(-c2ccc(C#N)n2C)cc1. The van der Waals surface area contributed by atoms with Crippen molar-refractivity contribution in [1.82, 2.24) is 8.87 Å². The summed E-state index contributed by atoms with van der Waals surface area (Å²) in [6, 6.07) is 14.5. The van der Waals surface area contributed by atoms with Crippen LogP contribution in [0.3, 0.4) is 0 Å². The molecule has 0 spiro atoms. The van der Waals surface area contributed by atoms with Crippen LogP contribution in [0, 0.1) is 11.3 Å². The van der Waals surface area contributed by atoms with Crippen molar-refractivity contribution in [3.8, 4) is 17.3 Å². The molecule has 0 aliphatic rings. The Bertz CT molecular complexity index is 604. The van der Waals surface area contributed by atoms with Crippen molar-refractivity contribution in [1.29, 1.82) is 5.26 Å². The van der Waals surface area contributed by atoms with E-state index in [1.807, 2.05) is 23.7 Å². The van der Waals surface area contributed by atoms with Crippen LogP contribution in [0.4, 0.5) is 0 Å². The van der Waals surface area contributed by atoms with Gasteiger partial charge in [-0.15, -0.1) is 0 Å². The molecule has 1 heterocycles. The van der Waals surface area contributed by atoms with Crippen LogP contribution in [-0.4, -0.2) is 22.0 Å². The van der Waals surface area contributed by atoms with Crippen molar-refractivity contribution in [2.45, 2.75) is 18.7 Å². The number of nitriles is 1. The van der Waals surface area contributed by atoms with Crippen molar-refractivity contribution < 1.29 is 0 Å². The standard InChI is InChI=1S/C16H19N3S/c1-4-19(5-2)20-15-9-6-13(7-10-15)16-11-8-14(12-17)18(16)3/h6-11H,4-5H2,1-3H3. The van der Waals surface area contributed by atoms with E-state index >= 15 is 0 Å². The summed E-state index contributed by atoms with van der Waals surface area (Å²) in [6.07, 6.45) is 0. The molecule has 0 bridgehead atoms. The van der Waals surface area contributed by atoms with Gasteiger partial charge in [0.05, 0.1) is 0 Å². The van der Waals surface area contributed by atoms with E-state index in [0.717, 1.165) is 24.3 Å². The molecule has 0 fully saturated rings. The molecule has 0 unspecified atom stereocenters. The van der Waals surface area contributed by atoms with Gasteiger partial charge in [0.15, 0.2) is 0 Å². The Morgan fingerprint density at radius 1 is 1.10 bits per heavy atom. The van der Waals surface area contributed by atoms with Crippen LogP contribution in [0.1, 0.15) is 19.5 Å². The van der Waals surface area contributed by atoms with Gasteiger partial charge in [-0.1, -0.05) is 26.0 Å². The Hall–Kier alpha value is -1.70. The highest BCUT2D eigenvalue weighted by Gasteiger charge is 2.07. The molecule has 3 nitrogen and oxygen atoms in total. The summed E-state index contributed by atoms with van der Waals surface area (Å²) >= 11 is 1.78. The molecule has 0 atom stereocenters. The summed E-state index contributed by atoms with van der Waals surface area (Å²) in [5, 5.41) is 9.00. The zero-order valence-corrected chi connectivity index (χ0v) is 12.9. The first-order chi connectivity index (χ1) is 9.69. The number of hydrogen-bond acceptors (Lipinski definition) is 3. The Kier molecular flexibility index (Phi) is 4.89. The second-order valence-electron chi connectivity index (χ2n) is 4.50. The maximum Gasteiger partial charge on any atom is 0.120 e. The van der Waals surface area contributed by atoms with Gasteiger partial charge >= 0.3 is 0 Å². The molecule has 0 amide bonds. The van der Waals surface area contributed by atoms with Gasteiger partial charge in [-0.2, -0.15) is 5.26 Å². The molecule has 0 saturated carbocycles. The van der Waals surface area contributed by atoms with Crippen molar-refractivity contribution in [2.75, 3.05) is 13.1 Å². The van der Waals surface area contributed by atoms with Gasteiger partial charge in [0.2, 0.25) is 0 Å². The highest BCUT2D eigenvalue weighted by molar-refractivity contribution is 7.97. The number of benzene rings is 1. The molecule has 2 rings (SSSR count). The summed E-state index contributed by atoms with van der Waals surface area (Å²) in [5.74, 6) is 0. The molecule has 0 aliphatic carbocycles. The molecule has 4 heteroatoms. The minimum absolute atomic E-state index is 0.682. The third-order valence-electron chi connectivity index (χ3n) is 3.33. The van der Waals surface area contributed by atoms with E-state index in [1.165, 1.54) is 4.90 Å². The quantitative estimate of drug-likeness (QED) is 0.781. The highest BCUT2D eigenvalue weighted by Crippen LogP contribution is 2.27. The van der Waals surface area contributed by atoms with Crippen molar-refractivity contribution in [3.05, 3.63) is 42.1 Å². The van der Waals surface area contributed by atoms with Crippen LogP contribution in [0.25, 0.3) is 11.3 Å². The Balaban J connectivity index is 2.20. The first-order valence-electron chi connectivity index (χ1n) is 6.78. The van der Waals surface area contributed by atoms with Crippen LogP contribution < -0.4 is 0 Å². The van der Waals surface area contributed by atoms with Gasteiger partial charge in [-0.05, 0) is 41.8 Å². The van der Waals surface area contributed by atoms with E-state index in [9.17, 15) is 0 Å². The van der Waals surface area contributed by atoms with Crippen LogP contribution in [0.2, 0.25) is 0 Å². The highest BCUT2D eigenvalue weighted by atomic mass is 32.2. The zero-order valence-electron chi connectivity index (χ0n) is 12.1. The smallest absolute Gasteiger partial charge is 0.120 e. The van der Waals surface area contributed by atoms with E-state index in [2.05, 4.69) is 48.5 Å². The van der Waals surface area contributed by atoms with Crippen molar-refractivity contribution >= 4 is 11.9 Å². The molecule has 104 valence electrons. The van der Waals surface area contributed by atoms with Gasteiger partial charge in [-0.25, -0.2) is 4.31 Å². The van der Waals surface area contributed by atoms with Crippen molar-refractivity contribution in [2.24, 2.45) is 7.05 Å². The molecule has 1 aromatic carbocycles. The lowest BCUT2D eigenvalue weighted by Gasteiger charge is -2.16. The lowest BCUT2D eigenvalue weighted by molar-refractivity contribution is 0.525. The van der Waals surface area contributed by atoms with Gasteiger partial charge in [0, 0.05) is 30.7 Å². The van der Waals surface area contributed by atoms with E-state index < -0.39 is 0 Å². The maximum absolute atomic E-state index is 9.00. The predicted molar refractivity (Wildman–Crippen MR) is 84.3 cm³/mol. The largest absolute Gasteiger partial charge is 0.335 e. The molecule has 0 radical (unpaired) electrons. The number of rotatable bonds is 5. The molecule has 20 heavy (non-hydrogen) atoms. The third kappa shape index (κ3) is 3.06. The lowest BCUT2D eigenvalue weighted by Crippen LogP contribution is -2.13. The monoisotopic (exact) mass is 285 g/mol. The summed E-state index contributed by atoms with van der Waals surface area (Å²) in [6.45, 7) is 6.40. The maximum atomic E-state index is 9.00. The first kappa shape index (κ1) is 14.7. The molecule has 2 aromatic rings. The molecule has 1 aromatic heterocycles. The Morgan fingerprint density at radius 3 is 2.25 bits per heavy atom. The van der Waals surface area contributed by atoms with E-state index in [-0.39, 0.29) is 0 Å². The topological polar surface area (TPSA) is 32.0 Å². The Labute approximate surface area is 125 Å². The normalized spacial score (nSPS) is 10.8. The average molecular weight is 285 g/mol.